The number of fused-ring (bicyclic) bond motifs is 2. The van der Waals surface area contributed by atoms with E-state index in [9.17, 15) is 0 Å². The Kier molecular flexibility index (Phi) is 5.33. The number of hydrogen-bond acceptors (Lipinski definition) is 6. The lowest BCUT2D eigenvalue weighted by Gasteiger charge is -2.12. The van der Waals surface area contributed by atoms with Crippen LogP contribution in [0.1, 0.15) is 0 Å². The second-order valence-electron chi connectivity index (χ2n) is 8.84. The number of pyridine rings is 2. The Morgan fingerprint density at radius 1 is 0.395 bits per heavy atom. The second-order valence-corrected chi connectivity index (χ2v) is 8.84. The number of benzene rings is 3. The van der Waals surface area contributed by atoms with Crippen LogP contribution in [0.15, 0.2) is 122 Å². The largest absolute Gasteiger partial charge is 0.253 e. The fourth-order valence-corrected chi connectivity index (χ4v) is 4.63. The third kappa shape index (κ3) is 3.94. The maximum Gasteiger partial charge on any atom is 0.179 e. The topological polar surface area (TPSA) is 77.3 Å². The molecule has 0 aliphatic carbocycles. The van der Waals surface area contributed by atoms with Crippen LogP contribution in [0.3, 0.4) is 0 Å². The summed E-state index contributed by atoms with van der Waals surface area (Å²) in [5, 5.41) is 1.96. The van der Waals surface area contributed by atoms with Gasteiger partial charge in [0.1, 0.15) is 11.4 Å². The molecule has 178 valence electrons. The number of para-hydroxylation sites is 2. The molecule has 7 rings (SSSR count). The van der Waals surface area contributed by atoms with Crippen LogP contribution in [0, 0.1) is 0 Å². The number of aromatic nitrogens is 6. The molecule has 0 N–H and O–H groups in total. The minimum atomic E-state index is 0.592. The lowest BCUT2D eigenvalue weighted by molar-refractivity contribution is 1.17. The van der Waals surface area contributed by atoms with Crippen molar-refractivity contribution < 1.29 is 0 Å². The van der Waals surface area contributed by atoms with Crippen molar-refractivity contribution >= 4 is 21.8 Å². The Labute approximate surface area is 218 Å². The van der Waals surface area contributed by atoms with Crippen LogP contribution in [-0.4, -0.2) is 29.9 Å². The highest BCUT2D eigenvalue weighted by Gasteiger charge is 2.15. The van der Waals surface area contributed by atoms with E-state index in [4.69, 9.17) is 19.9 Å². The van der Waals surface area contributed by atoms with Gasteiger partial charge in [0.15, 0.2) is 11.6 Å². The molecular formula is C32H20N6. The van der Waals surface area contributed by atoms with Crippen LogP contribution in [0.25, 0.3) is 67.4 Å². The molecule has 7 aromatic rings. The Morgan fingerprint density at radius 2 is 0.868 bits per heavy atom. The molecule has 0 spiro atoms. The first-order valence-corrected chi connectivity index (χ1v) is 12.3. The van der Waals surface area contributed by atoms with E-state index in [0.29, 0.717) is 11.6 Å². The van der Waals surface area contributed by atoms with Crippen molar-refractivity contribution in [3.05, 3.63) is 122 Å². The Hall–Kier alpha value is -5.36. The second kappa shape index (κ2) is 9.26. The van der Waals surface area contributed by atoms with Crippen LogP contribution in [0.2, 0.25) is 0 Å². The molecular weight excluding hydrogens is 468 g/mol. The molecule has 0 amide bonds. The van der Waals surface area contributed by atoms with Crippen LogP contribution < -0.4 is 0 Å². The van der Waals surface area contributed by atoms with Crippen LogP contribution in [-0.2, 0) is 0 Å². The number of rotatable bonds is 4. The summed E-state index contributed by atoms with van der Waals surface area (Å²) in [5.74, 6) is 1.18. The molecule has 0 unspecified atom stereocenters. The molecule has 38 heavy (non-hydrogen) atoms. The molecule has 0 radical (unpaired) electrons. The van der Waals surface area contributed by atoms with Crippen molar-refractivity contribution in [2.45, 2.75) is 0 Å². The van der Waals surface area contributed by atoms with E-state index in [2.05, 4.69) is 40.3 Å². The summed E-state index contributed by atoms with van der Waals surface area (Å²) in [6.45, 7) is 0. The minimum absolute atomic E-state index is 0.592. The average Bonchev–Trinajstić information content (AvgIpc) is 3.01. The molecule has 4 aromatic heterocycles. The predicted octanol–water partition coefficient (Wildman–Crippen LogP) is 7.03. The van der Waals surface area contributed by atoms with Crippen molar-refractivity contribution in [3.8, 4) is 45.6 Å². The lowest BCUT2D eigenvalue weighted by atomic mass is 10.00. The average molecular weight is 489 g/mol. The highest BCUT2D eigenvalue weighted by Crippen LogP contribution is 2.33. The predicted molar refractivity (Wildman–Crippen MR) is 150 cm³/mol. The van der Waals surface area contributed by atoms with Gasteiger partial charge in [-0.15, -0.1) is 0 Å². The number of nitrogens with zero attached hydrogens (tertiary/aromatic N) is 6. The van der Waals surface area contributed by atoms with Crippen molar-refractivity contribution in [2.24, 2.45) is 0 Å². The molecule has 0 aliphatic heterocycles. The molecule has 0 bridgehead atoms. The molecule has 0 saturated heterocycles. The molecule has 6 nitrogen and oxygen atoms in total. The highest BCUT2D eigenvalue weighted by molar-refractivity contribution is 5.97. The zero-order valence-corrected chi connectivity index (χ0v) is 20.2. The van der Waals surface area contributed by atoms with Gasteiger partial charge in [0.2, 0.25) is 0 Å². The van der Waals surface area contributed by atoms with Gasteiger partial charge in [-0.3, -0.25) is 9.97 Å². The maximum absolute atomic E-state index is 4.99. The lowest BCUT2D eigenvalue weighted by Crippen LogP contribution is -1.98. The van der Waals surface area contributed by atoms with E-state index < -0.39 is 0 Å². The van der Waals surface area contributed by atoms with Crippen molar-refractivity contribution in [1.29, 1.82) is 0 Å². The summed E-state index contributed by atoms with van der Waals surface area (Å²) >= 11 is 0. The van der Waals surface area contributed by atoms with E-state index >= 15 is 0 Å². The summed E-state index contributed by atoms with van der Waals surface area (Å²) in [6, 6.07) is 36.0. The maximum atomic E-state index is 4.99. The van der Waals surface area contributed by atoms with Crippen LogP contribution in [0.4, 0.5) is 0 Å². The first kappa shape index (κ1) is 21.9. The standard InChI is InChI=1S/C32H20N6/c1-3-14-25-23(12-1)29(37-31(35-25)27-16-5-7-18-33-27)21-10-9-11-22(20-21)30-24-13-2-4-15-26(24)36-32(38-30)28-17-6-8-19-34-28/h1-20H. The fraction of sp³-hybridized carbons (Fsp3) is 0. The molecule has 0 saturated carbocycles. The van der Waals surface area contributed by atoms with Gasteiger partial charge in [-0.2, -0.15) is 0 Å². The van der Waals surface area contributed by atoms with E-state index in [0.717, 1.165) is 55.7 Å². The molecule has 0 aliphatic rings. The SMILES string of the molecule is c1ccc(-c2nc(-c3cccc(-c4nc(-c5ccccn5)nc5ccccc45)c3)c3ccccc3n2)nc1. The van der Waals surface area contributed by atoms with Gasteiger partial charge >= 0.3 is 0 Å². The van der Waals surface area contributed by atoms with Gasteiger partial charge < -0.3 is 0 Å². The minimum Gasteiger partial charge on any atom is -0.253 e. The smallest absolute Gasteiger partial charge is 0.179 e. The summed E-state index contributed by atoms with van der Waals surface area (Å²) in [5.41, 5.74) is 6.85. The molecule has 0 atom stereocenters. The molecule has 3 aromatic carbocycles. The summed E-state index contributed by atoms with van der Waals surface area (Å²) in [7, 11) is 0. The van der Waals surface area contributed by atoms with Crippen LogP contribution in [0.5, 0.6) is 0 Å². The number of hydrogen-bond donors (Lipinski definition) is 0. The monoisotopic (exact) mass is 488 g/mol. The van der Waals surface area contributed by atoms with E-state index in [1.807, 2.05) is 78.9 Å². The Bertz CT molecular complexity index is 1780. The zero-order valence-electron chi connectivity index (χ0n) is 20.2. The van der Waals surface area contributed by atoms with E-state index in [1.54, 1.807) is 12.4 Å². The molecule has 4 heterocycles. The summed E-state index contributed by atoms with van der Waals surface area (Å²) < 4.78 is 0. The summed E-state index contributed by atoms with van der Waals surface area (Å²) in [6.07, 6.45) is 3.52. The Balaban J connectivity index is 1.44. The third-order valence-electron chi connectivity index (χ3n) is 6.40. The molecule has 0 fully saturated rings. The highest BCUT2D eigenvalue weighted by atomic mass is 14.9. The fourth-order valence-electron chi connectivity index (χ4n) is 4.63. The van der Waals surface area contributed by atoms with E-state index in [1.165, 1.54) is 0 Å². The van der Waals surface area contributed by atoms with Crippen molar-refractivity contribution in [1.82, 2.24) is 29.9 Å². The quantitative estimate of drug-likeness (QED) is 0.265. The third-order valence-corrected chi connectivity index (χ3v) is 6.40. The van der Waals surface area contributed by atoms with Gasteiger partial charge in [-0.1, -0.05) is 66.7 Å². The first-order valence-electron chi connectivity index (χ1n) is 12.3. The summed E-state index contributed by atoms with van der Waals surface area (Å²) in [4.78, 5) is 28.5. The molecule has 6 heteroatoms. The van der Waals surface area contributed by atoms with Gasteiger partial charge in [0.05, 0.1) is 22.4 Å². The van der Waals surface area contributed by atoms with Gasteiger partial charge in [-0.25, -0.2) is 19.9 Å². The first-order chi connectivity index (χ1) is 18.8. The van der Waals surface area contributed by atoms with Gasteiger partial charge in [-0.05, 0) is 42.5 Å². The normalized spacial score (nSPS) is 11.2. The Morgan fingerprint density at radius 3 is 1.34 bits per heavy atom. The van der Waals surface area contributed by atoms with E-state index in [-0.39, 0.29) is 0 Å². The zero-order chi connectivity index (χ0) is 25.3. The van der Waals surface area contributed by atoms with Gasteiger partial charge in [0.25, 0.3) is 0 Å². The van der Waals surface area contributed by atoms with Crippen molar-refractivity contribution in [3.63, 3.8) is 0 Å². The van der Waals surface area contributed by atoms with Crippen LogP contribution >= 0.6 is 0 Å². The van der Waals surface area contributed by atoms with Crippen molar-refractivity contribution in [2.75, 3.05) is 0 Å². The van der Waals surface area contributed by atoms with Gasteiger partial charge in [0, 0.05) is 34.3 Å².